The molecular weight excluding hydrogens is 320 g/mol. The van der Waals surface area contributed by atoms with E-state index in [0.29, 0.717) is 18.4 Å². The van der Waals surface area contributed by atoms with Gasteiger partial charge in [-0.2, -0.15) is 10.5 Å². The predicted octanol–water partition coefficient (Wildman–Crippen LogP) is 3.03. The Balaban J connectivity index is 1.78. The molecule has 1 saturated heterocycles. The van der Waals surface area contributed by atoms with Gasteiger partial charge in [0.25, 0.3) is 0 Å². The molecule has 0 aromatic heterocycles. The Morgan fingerprint density at radius 2 is 1.92 bits per heavy atom. The lowest BCUT2D eigenvalue weighted by Gasteiger charge is -2.40. The highest BCUT2D eigenvalue weighted by molar-refractivity contribution is 8.00. The summed E-state index contributed by atoms with van der Waals surface area (Å²) < 4.78 is 5.99. The molecule has 0 aromatic carbocycles. The molecule has 2 heterocycles. The normalized spacial score (nSPS) is 49.5. The lowest BCUT2D eigenvalue weighted by molar-refractivity contribution is -0.00256. The summed E-state index contributed by atoms with van der Waals surface area (Å²) in [4.78, 5) is 4.54. The highest BCUT2D eigenvalue weighted by atomic mass is 32.2. The number of nitriles is 2. The van der Waals surface area contributed by atoms with Gasteiger partial charge < -0.3 is 10.5 Å². The molecule has 3 fully saturated rings. The molecule has 128 valence electrons. The maximum absolute atomic E-state index is 10.2. The first-order valence-electron chi connectivity index (χ1n) is 8.73. The molecule has 0 bridgehead atoms. The van der Waals surface area contributed by atoms with Crippen LogP contribution < -0.4 is 5.73 Å². The molecule has 0 radical (unpaired) electrons. The SMILES string of the molecule is CC(C)(C)C1CCC2(CC1)[C@]1(C#N)[C@@]3(N=C(N)[C@]21C#N)OCCS3. The van der Waals surface area contributed by atoms with E-state index in [1.54, 1.807) is 11.8 Å². The van der Waals surface area contributed by atoms with Crippen molar-refractivity contribution in [1.82, 2.24) is 0 Å². The molecule has 0 amide bonds. The van der Waals surface area contributed by atoms with Crippen molar-refractivity contribution in [3.8, 4) is 12.1 Å². The van der Waals surface area contributed by atoms with Gasteiger partial charge >= 0.3 is 0 Å². The molecule has 0 unspecified atom stereocenters. The van der Waals surface area contributed by atoms with E-state index >= 15 is 0 Å². The van der Waals surface area contributed by atoms with Gasteiger partial charge in [-0.15, -0.1) is 0 Å². The van der Waals surface area contributed by atoms with E-state index in [1.165, 1.54) is 0 Å². The first-order chi connectivity index (χ1) is 11.3. The molecule has 0 aromatic rings. The summed E-state index contributed by atoms with van der Waals surface area (Å²) in [6.07, 6.45) is 3.78. The van der Waals surface area contributed by atoms with Gasteiger partial charge in [-0.1, -0.05) is 32.5 Å². The van der Waals surface area contributed by atoms with Crippen LogP contribution in [0.1, 0.15) is 46.5 Å². The van der Waals surface area contributed by atoms with Crippen molar-refractivity contribution >= 4 is 17.6 Å². The minimum absolute atomic E-state index is 0.251. The van der Waals surface area contributed by atoms with Crippen LogP contribution >= 0.6 is 11.8 Å². The van der Waals surface area contributed by atoms with Crippen LogP contribution in [0.25, 0.3) is 0 Å². The Labute approximate surface area is 147 Å². The number of ether oxygens (including phenoxy) is 1. The lowest BCUT2D eigenvalue weighted by Crippen LogP contribution is -2.40. The number of amidine groups is 1. The molecule has 2 saturated carbocycles. The largest absolute Gasteiger partial charge is 0.386 e. The Morgan fingerprint density at radius 1 is 1.25 bits per heavy atom. The lowest BCUT2D eigenvalue weighted by atomic mass is 9.65. The number of fused-ring (bicyclic) bond motifs is 4. The number of hydrogen-bond donors (Lipinski definition) is 1. The van der Waals surface area contributed by atoms with Crippen LogP contribution in [0.2, 0.25) is 0 Å². The zero-order valence-corrected chi connectivity index (χ0v) is 15.4. The van der Waals surface area contributed by atoms with E-state index in [2.05, 4.69) is 37.9 Å². The zero-order chi connectivity index (χ0) is 17.4. The topological polar surface area (TPSA) is 95.2 Å². The fourth-order valence-electron chi connectivity index (χ4n) is 5.91. The van der Waals surface area contributed by atoms with E-state index in [-0.39, 0.29) is 5.41 Å². The zero-order valence-electron chi connectivity index (χ0n) is 14.6. The number of aliphatic imine (C=N–C) groups is 1. The number of rotatable bonds is 0. The van der Waals surface area contributed by atoms with Crippen molar-refractivity contribution in [3.63, 3.8) is 0 Å². The van der Waals surface area contributed by atoms with Crippen LogP contribution in [0.3, 0.4) is 0 Å². The van der Waals surface area contributed by atoms with E-state index in [0.717, 1.165) is 31.4 Å². The van der Waals surface area contributed by atoms with Gasteiger partial charge in [-0.05, 0) is 37.0 Å². The standard InChI is InChI=1S/C18H24N4OS/c1-14(2,3)12-4-6-15(7-5-12)16(10-19)13(21)22-18(17(15,16)11-20)23-8-9-24-18/h12H,4-9H2,1-3H3,(H2,21,22)/t12?,15?,16-,17+,18-/m1/s1. The Kier molecular flexibility index (Phi) is 3.03. The molecule has 2 aliphatic heterocycles. The highest BCUT2D eigenvalue weighted by Crippen LogP contribution is 2.90. The third kappa shape index (κ3) is 1.38. The number of thioether (sulfide) groups is 1. The summed E-state index contributed by atoms with van der Waals surface area (Å²) in [5.41, 5.74) is 4.26. The molecule has 3 atom stereocenters. The van der Waals surface area contributed by atoms with Crippen LogP contribution in [0.4, 0.5) is 0 Å². The van der Waals surface area contributed by atoms with Crippen LogP contribution in [0, 0.1) is 50.2 Å². The monoisotopic (exact) mass is 344 g/mol. The summed E-state index contributed by atoms with van der Waals surface area (Å²) >= 11 is 1.55. The quantitative estimate of drug-likeness (QED) is 0.729. The molecule has 2 spiro atoms. The van der Waals surface area contributed by atoms with Crippen molar-refractivity contribution < 1.29 is 4.74 Å². The Morgan fingerprint density at radius 3 is 2.38 bits per heavy atom. The van der Waals surface area contributed by atoms with Gasteiger partial charge in [0.05, 0.1) is 18.7 Å². The second kappa shape index (κ2) is 4.48. The highest BCUT2D eigenvalue weighted by Gasteiger charge is 2.99. The maximum atomic E-state index is 10.2. The van der Waals surface area contributed by atoms with E-state index in [9.17, 15) is 10.5 Å². The van der Waals surface area contributed by atoms with Crippen molar-refractivity contribution in [2.24, 2.45) is 38.3 Å². The molecule has 4 aliphatic rings. The van der Waals surface area contributed by atoms with Crippen LogP contribution in [-0.4, -0.2) is 23.3 Å². The molecule has 6 heteroatoms. The minimum atomic E-state index is -0.963. The first kappa shape index (κ1) is 16.2. The van der Waals surface area contributed by atoms with Gasteiger partial charge in [-0.3, -0.25) is 0 Å². The second-order valence-electron chi connectivity index (χ2n) is 8.72. The first-order valence-corrected chi connectivity index (χ1v) is 9.72. The van der Waals surface area contributed by atoms with Gasteiger partial charge in [0, 0.05) is 11.2 Å². The average Bonchev–Trinajstić information content (AvgIpc) is 2.82. The third-order valence-corrected chi connectivity index (χ3v) is 8.42. The van der Waals surface area contributed by atoms with Crippen LogP contribution in [0.15, 0.2) is 4.99 Å². The Bertz CT molecular complexity index is 698. The fourth-order valence-corrected chi connectivity index (χ4v) is 7.30. The number of nitrogens with zero attached hydrogens (tertiary/aromatic N) is 3. The summed E-state index contributed by atoms with van der Waals surface area (Å²) in [7, 11) is 0. The van der Waals surface area contributed by atoms with Gasteiger partial charge in [-0.25, -0.2) is 4.99 Å². The summed E-state index contributed by atoms with van der Waals surface area (Å²) in [5.74, 6) is 1.74. The van der Waals surface area contributed by atoms with E-state index in [4.69, 9.17) is 10.5 Å². The summed E-state index contributed by atoms with van der Waals surface area (Å²) in [6.45, 7) is 7.39. The van der Waals surface area contributed by atoms with Gasteiger partial charge in [0.15, 0.2) is 5.41 Å². The molecule has 5 nitrogen and oxygen atoms in total. The fraction of sp³-hybridized carbons (Fsp3) is 0.833. The van der Waals surface area contributed by atoms with Crippen LogP contribution in [0.5, 0.6) is 0 Å². The average molecular weight is 344 g/mol. The Hall–Kier alpha value is -1.24. The summed E-state index contributed by atoms with van der Waals surface area (Å²) in [6, 6.07) is 4.97. The molecule has 2 N–H and O–H groups in total. The summed E-state index contributed by atoms with van der Waals surface area (Å²) in [5, 5.41) is 19.4. The number of nitrogens with two attached hydrogens (primary N) is 1. The third-order valence-electron chi connectivity index (χ3n) is 7.14. The van der Waals surface area contributed by atoms with Gasteiger partial charge in [0.2, 0.25) is 5.06 Å². The maximum Gasteiger partial charge on any atom is 0.230 e. The van der Waals surface area contributed by atoms with E-state index in [1.807, 2.05) is 0 Å². The van der Waals surface area contributed by atoms with Gasteiger partial charge in [0.1, 0.15) is 11.3 Å². The number of hydrogen-bond acceptors (Lipinski definition) is 6. The second-order valence-corrected chi connectivity index (χ2v) is 9.97. The molecule has 24 heavy (non-hydrogen) atoms. The van der Waals surface area contributed by atoms with Crippen molar-refractivity contribution in [2.45, 2.75) is 51.5 Å². The minimum Gasteiger partial charge on any atom is -0.386 e. The predicted molar refractivity (Wildman–Crippen MR) is 92.7 cm³/mol. The molecule has 2 aliphatic carbocycles. The molecular formula is C18H24N4OS. The van der Waals surface area contributed by atoms with Crippen LogP contribution in [-0.2, 0) is 4.74 Å². The van der Waals surface area contributed by atoms with Crippen molar-refractivity contribution in [3.05, 3.63) is 0 Å². The van der Waals surface area contributed by atoms with Crippen molar-refractivity contribution in [2.75, 3.05) is 12.4 Å². The molecule has 4 rings (SSSR count). The van der Waals surface area contributed by atoms with Crippen molar-refractivity contribution in [1.29, 1.82) is 10.5 Å². The van der Waals surface area contributed by atoms with E-state index < -0.39 is 21.3 Å². The smallest absolute Gasteiger partial charge is 0.230 e.